The third-order valence-corrected chi connectivity index (χ3v) is 6.85. The summed E-state index contributed by atoms with van der Waals surface area (Å²) in [5.74, 6) is 3.07. The van der Waals surface area contributed by atoms with Crippen LogP contribution in [0.4, 0.5) is 0 Å². The van der Waals surface area contributed by atoms with Crippen LogP contribution in [-0.2, 0) is 4.79 Å². The number of hydrogen-bond donors (Lipinski definition) is 1. The van der Waals surface area contributed by atoms with E-state index in [1.54, 1.807) is 0 Å². The minimum Gasteiger partial charge on any atom is -0.454 e. The van der Waals surface area contributed by atoms with E-state index in [1.807, 2.05) is 53.1 Å². The number of carbonyl (C=O) groups is 1. The Labute approximate surface area is 191 Å². The van der Waals surface area contributed by atoms with Crippen LogP contribution in [0, 0.1) is 5.92 Å². The van der Waals surface area contributed by atoms with Crippen LogP contribution in [0.2, 0.25) is 0 Å². The zero-order valence-corrected chi connectivity index (χ0v) is 18.6. The fourth-order valence-corrected chi connectivity index (χ4v) is 5.01. The van der Waals surface area contributed by atoms with Gasteiger partial charge in [0.15, 0.2) is 22.5 Å². The van der Waals surface area contributed by atoms with Gasteiger partial charge in [-0.25, -0.2) is 0 Å². The molecule has 0 saturated heterocycles. The average molecular weight is 451 g/mol. The predicted octanol–water partition coefficient (Wildman–Crippen LogP) is 4.45. The Bertz CT molecular complexity index is 1080. The van der Waals surface area contributed by atoms with E-state index in [2.05, 4.69) is 15.5 Å². The highest BCUT2D eigenvalue weighted by molar-refractivity contribution is 7.99. The number of benzene rings is 2. The van der Waals surface area contributed by atoms with E-state index in [0.29, 0.717) is 28.4 Å². The number of aromatic nitrogens is 3. The molecule has 0 radical (unpaired) electrons. The first kappa shape index (κ1) is 20.9. The van der Waals surface area contributed by atoms with Crippen LogP contribution in [0.5, 0.6) is 11.5 Å². The lowest BCUT2D eigenvalue weighted by atomic mass is 9.89. The largest absolute Gasteiger partial charge is 0.454 e. The Balaban J connectivity index is 1.34. The Morgan fingerprint density at radius 1 is 1.03 bits per heavy atom. The molecule has 1 aliphatic carbocycles. The SMILES string of the molecule is O=C(CSc1nnc(-c2ccc3c(c2)OCO3)n1-c1ccccc1)NCC1CCCCC1. The third-order valence-electron chi connectivity index (χ3n) is 5.92. The third kappa shape index (κ3) is 4.60. The number of thioether (sulfide) groups is 1. The van der Waals surface area contributed by atoms with Gasteiger partial charge in [-0.1, -0.05) is 49.2 Å². The first-order valence-electron chi connectivity index (χ1n) is 11.1. The van der Waals surface area contributed by atoms with Gasteiger partial charge < -0.3 is 14.8 Å². The Morgan fingerprint density at radius 3 is 2.69 bits per heavy atom. The smallest absolute Gasteiger partial charge is 0.231 e. The fraction of sp³-hybridized carbons (Fsp3) is 0.375. The molecule has 32 heavy (non-hydrogen) atoms. The Kier molecular flexibility index (Phi) is 6.29. The van der Waals surface area contributed by atoms with Crippen molar-refractivity contribution >= 4 is 17.7 Å². The summed E-state index contributed by atoms with van der Waals surface area (Å²) in [6, 6.07) is 15.7. The zero-order valence-electron chi connectivity index (χ0n) is 17.8. The molecule has 166 valence electrons. The molecule has 0 bridgehead atoms. The quantitative estimate of drug-likeness (QED) is 0.536. The lowest BCUT2D eigenvalue weighted by Gasteiger charge is -2.21. The number of carbonyl (C=O) groups excluding carboxylic acids is 1. The summed E-state index contributed by atoms with van der Waals surface area (Å²) in [6.07, 6.45) is 6.31. The highest BCUT2D eigenvalue weighted by Gasteiger charge is 2.21. The molecule has 0 unspecified atom stereocenters. The molecule has 2 heterocycles. The van der Waals surface area contributed by atoms with Gasteiger partial charge in [-0.3, -0.25) is 9.36 Å². The summed E-state index contributed by atoms with van der Waals surface area (Å²) in [7, 11) is 0. The van der Waals surface area contributed by atoms with Crippen molar-refractivity contribution in [2.45, 2.75) is 37.3 Å². The van der Waals surface area contributed by atoms with Crippen LogP contribution in [-0.4, -0.2) is 39.8 Å². The molecular formula is C24H26N4O3S. The van der Waals surface area contributed by atoms with E-state index >= 15 is 0 Å². The molecule has 0 atom stereocenters. The summed E-state index contributed by atoms with van der Waals surface area (Å²) in [5, 5.41) is 12.6. The second kappa shape index (κ2) is 9.65. The van der Waals surface area contributed by atoms with Gasteiger partial charge in [0.1, 0.15) is 0 Å². The van der Waals surface area contributed by atoms with Crippen molar-refractivity contribution in [1.82, 2.24) is 20.1 Å². The lowest BCUT2D eigenvalue weighted by Crippen LogP contribution is -2.31. The summed E-state index contributed by atoms with van der Waals surface area (Å²) >= 11 is 1.40. The van der Waals surface area contributed by atoms with E-state index in [-0.39, 0.29) is 12.7 Å². The number of nitrogens with zero attached hydrogens (tertiary/aromatic N) is 3. The topological polar surface area (TPSA) is 78.3 Å². The van der Waals surface area contributed by atoms with Crippen molar-refractivity contribution in [2.75, 3.05) is 19.1 Å². The predicted molar refractivity (Wildman–Crippen MR) is 123 cm³/mol. The molecule has 2 aromatic carbocycles. The highest BCUT2D eigenvalue weighted by Crippen LogP contribution is 2.37. The molecule has 1 amide bonds. The highest BCUT2D eigenvalue weighted by atomic mass is 32.2. The Hall–Kier alpha value is -3.00. The van der Waals surface area contributed by atoms with Crippen molar-refractivity contribution in [3.05, 3.63) is 48.5 Å². The second-order valence-electron chi connectivity index (χ2n) is 8.14. The number of fused-ring (bicyclic) bond motifs is 1. The van der Waals surface area contributed by atoms with Gasteiger partial charge in [-0.2, -0.15) is 0 Å². The number of amides is 1. The van der Waals surface area contributed by atoms with Crippen molar-refractivity contribution in [3.8, 4) is 28.6 Å². The van der Waals surface area contributed by atoms with E-state index < -0.39 is 0 Å². The average Bonchev–Trinajstić information content (AvgIpc) is 3.49. The molecule has 1 N–H and O–H groups in total. The maximum absolute atomic E-state index is 12.5. The fourth-order valence-electron chi connectivity index (χ4n) is 4.23. The number of nitrogens with one attached hydrogen (secondary N) is 1. The molecule has 1 aromatic heterocycles. The minimum absolute atomic E-state index is 0.0350. The van der Waals surface area contributed by atoms with E-state index in [1.165, 1.54) is 43.9 Å². The maximum Gasteiger partial charge on any atom is 0.231 e. The number of para-hydroxylation sites is 1. The van der Waals surface area contributed by atoms with Gasteiger partial charge in [-0.05, 0) is 49.1 Å². The first-order chi connectivity index (χ1) is 15.8. The normalized spacial score (nSPS) is 15.6. The summed E-state index contributed by atoms with van der Waals surface area (Å²) in [4.78, 5) is 12.5. The molecule has 1 fully saturated rings. The number of ether oxygens (including phenoxy) is 2. The Morgan fingerprint density at radius 2 is 1.84 bits per heavy atom. The molecule has 1 aliphatic heterocycles. The van der Waals surface area contributed by atoms with Crippen LogP contribution >= 0.6 is 11.8 Å². The first-order valence-corrected chi connectivity index (χ1v) is 12.1. The van der Waals surface area contributed by atoms with Crippen molar-refractivity contribution in [2.24, 2.45) is 5.92 Å². The number of hydrogen-bond acceptors (Lipinski definition) is 6. The molecule has 5 rings (SSSR count). The van der Waals surface area contributed by atoms with Crippen molar-refractivity contribution < 1.29 is 14.3 Å². The van der Waals surface area contributed by atoms with Gasteiger partial charge in [0, 0.05) is 17.8 Å². The summed E-state index contributed by atoms with van der Waals surface area (Å²) in [5.41, 5.74) is 1.81. The molecule has 7 nitrogen and oxygen atoms in total. The van der Waals surface area contributed by atoms with Gasteiger partial charge in [0.2, 0.25) is 12.7 Å². The monoisotopic (exact) mass is 450 g/mol. The molecule has 8 heteroatoms. The maximum atomic E-state index is 12.5. The van der Waals surface area contributed by atoms with E-state index in [4.69, 9.17) is 9.47 Å². The molecule has 2 aliphatic rings. The molecular weight excluding hydrogens is 424 g/mol. The van der Waals surface area contributed by atoms with Gasteiger partial charge in [0.25, 0.3) is 0 Å². The van der Waals surface area contributed by atoms with E-state index in [9.17, 15) is 4.79 Å². The summed E-state index contributed by atoms with van der Waals surface area (Å²) < 4.78 is 12.9. The minimum atomic E-state index is 0.0350. The van der Waals surface area contributed by atoms with Gasteiger partial charge in [0.05, 0.1) is 5.75 Å². The second-order valence-corrected chi connectivity index (χ2v) is 9.08. The zero-order chi connectivity index (χ0) is 21.8. The molecule has 0 spiro atoms. The van der Waals surface area contributed by atoms with Crippen LogP contribution in [0.15, 0.2) is 53.7 Å². The van der Waals surface area contributed by atoms with E-state index in [0.717, 1.165) is 23.5 Å². The van der Waals surface area contributed by atoms with Crippen LogP contribution in [0.3, 0.4) is 0 Å². The number of rotatable bonds is 7. The molecule has 3 aromatic rings. The van der Waals surface area contributed by atoms with Crippen LogP contribution < -0.4 is 14.8 Å². The van der Waals surface area contributed by atoms with Gasteiger partial charge in [-0.15, -0.1) is 10.2 Å². The van der Waals surface area contributed by atoms with Crippen molar-refractivity contribution in [1.29, 1.82) is 0 Å². The standard InChI is InChI=1S/C24H26N4O3S/c29-22(25-14-17-7-3-1-4-8-17)15-32-24-27-26-23(28(24)19-9-5-2-6-10-19)18-11-12-20-21(13-18)31-16-30-20/h2,5-6,9-13,17H,1,3-4,7-8,14-16H2,(H,25,29). The molecule has 1 saturated carbocycles. The van der Waals surface area contributed by atoms with Crippen LogP contribution in [0.25, 0.3) is 17.1 Å². The van der Waals surface area contributed by atoms with Crippen molar-refractivity contribution in [3.63, 3.8) is 0 Å². The van der Waals surface area contributed by atoms with Crippen LogP contribution in [0.1, 0.15) is 32.1 Å². The van der Waals surface area contributed by atoms with Gasteiger partial charge >= 0.3 is 0 Å². The lowest BCUT2D eigenvalue weighted by molar-refractivity contribution is -0.118. The summed E-state index contributed by atoms with van der Waals surface area (Å²) in [6.45, 7) is 0.994.